The van der Waals surface area contributed by atoms with Crippen LogP contribution in [0.5, 0.6) is 0 Å². The molecule has 2 aromatic rings. The molecule has 2 aliphatic heterocycles. The number of amides is 1. The maximum absolute atomic E-state index is 12.4. The number of allylic oxidation sites excluding steroid dienone is 2. The highest BCUT2D eigenvalue weighted by atomic mass is 16.5. The maximum Gasteiger partial charge on any atom is 0.277 e. The third-order valence-electron chi connectivity index (χ3n) is 7.45. The zero-order valence-corrected chi connectivity index (χ0v) is 19.8. The van der Waals surface area contributed by atoms with E-state index in [1.807, 2.05) is 6.07 Å². The summed E-state index contributed by atoms with van der Waals surface area (Å²) in [4.78, 5) is 17.6. The number of anilines is 2. The van der Waals surface area contributed by atoms with Crippen molar-refractivity contribution in [2.45, 2.75) is 52.0 Å². The van der Waals surface area contributed by atoms with E-state index in [0.29, 0.717) is 23.4 Å². The summed E-state index contributed by atoms with van der Waals surface area (Å²) in [5, 5.41) is 6.75. The molecule has 1 fully saturated rings. The smallest absolute Gasteiger partial charge is 0.277 e. The van der Waals surface area contributed by atoms with Crippen molar-refractivity contribution in [1.82, 2.24) is 10.1 Å². The predicted octanol–water partition coefficient (Wildman–Crippen LogP) is 4.97. The molecule has 3 heterocycles. The number of nitrogens with zero attached hydrogens (tertiary/aromatic N) is 3. The molecular weight excluding hydrogens is 412 g/mol. The van der Waals surface area contributed by atoms with Crippen molar-refractivity contribution in [3.8, 4) is 0 Å². The molecule has 1 N–H and O–H groups in total. The Hall–Kier alpha value is -2.86. The lowest BCUT2D eigenvalue weighted by molar-refractivity contribution is 0.101. The van der Waals surface area contributed by atoms with Gasteiger partial charge in [0.15, 0.2) is 5.69 Å². The molecular formula is C27H34N4O2. The summed E-state index contributed by atoms with van der Waals surface area (Å²) < 4.78 is 5.01. The first-order chi connectivity index (χ1) is 16.0. The highest BCUT2D eigenvalue weighted by molar-refractivity contribution is 6.03. The Morgan fingerprint density at radius 1 is 1.24 bits per heavy atom. The van der Waals surface area contributed by atoms with E-state index in [4.69, 9.17) is 4.52 Å². The number of likely N-dealkylation sites (tertiary alicyclic amines) is 1. The van der Waals surface area contributed by atoms with Gasteiger partial charge in [-0.1, -0.05) is 29.0 Å². The third kappa shape index (κ3) is 4.76. The van der Waals surface area contributed by atoms with E-state index in [-0.39, 0.29) is 5.91 Å². The quantitative estimate of drug-likeness (QED) is 0.635. The third-order valence-corrected chi connectivity index (χ3v) is 7.45. The first-order valence-corrected chi connectivity index (χ1v) is 12.2. The molecule has 174 valence electrons. The standard InChI is InChI=1S/C27H34N4O2/c1-18(2)21-6-4-20(5-7-21)16-30-12-11-24(17-30)31-13-10-22-15-23(8-9-26(22)31)28-27(32)25-14-19(3)33-29-25/h4,8-9,14-15,21,24H,1,5-7,10-13,16-17H2,2-3H3,(H,28,32). The molecule has 33 heavy (non-hydrogen) atoms. The number of aromatic nitrogens is 1. The van der Waals surface area contributed by atoms with E-state index in [1.54, 1.807) is 18.6 Å². The number of hydrogen-bond acceptors (Lipinski definition) is 5. The number of nitrogens with one attached hydrogen (secondary N) is 1. The fraction of sp³-hybridized carbons (Fsp3) is 0.481. The van der Waals surface area contributed by atoms with Crippen molar-refractivity contribution >= 4 is 17.3 Å². The van der Waals surface area contributed by atoms with Gasteiger partial charge in [-0.05, 0) is 75.6 Å². The van der Waals surface area contributed by atoms with E-state index in [2.05, 4.69) is 52.0 Å². The minimum Gasteiger partial charge on any atom is -0.367 e. The Balaban J connectivity index is 1.18. The second kappa shape index (κ2) is 9.18. The van der Waals surface area contributed by atoms with Crippen LogP contribution in [0.4, 0.5) is 11.4 Å². The van der Waals surface area contributed by atoms with Crippen LogP contribution in [0.1, 0.15) is 54.4 Å². The molecule has 1 aliphatic carbocycles. The molecule has 0 radical (unpaired) electrons. The number of carbonyl (C=O) groups excluding carboxylic acids is 1. The molecule has 1 aromatic carbocycles. The van der Waals surface area contributed by atoms with Gasteiger partial charge in [0.05, 0.1) is 0 Å². The largest absolute Gasteiger partial charge is 0.367 e. The lowest BCUT2D eigenvalue weighted by Crippen LogP contribution is -2.36. The summed E-state index contributed by atoms with van der Waals surface area (Å²) in [5.74, 6) is 1.07. The number of rotatable bonds is 6. The Bertz CT molecular complexity index is 1090. The van der Waals surface area contributed by atoms with Crippen LogP contribution in [0.15, 0.2) is 52.6 Å². The van der Waals surface area contributed by atoms with Crippen molar-refractivity contribution in [3.05, 3.63) is 65.1 Å². The van der Waals surface area contributed by atoms with Crippen LogP contribution in [0.25, 0.3) is 0 Å². The lowest BCUT2D eigenvalue weighted by Gasteiger charge is -2.28. The first-order valence-electron chi connectivity index (χ1n) is 12.2. The zero-order chi connectivity index (χ0) is 22.9. The number of aryl methyl sites for hydroxylation is 1. The average molecular weight is 447 g/mol. The second-order valence-electron chi connectivity index (χ2n) is 9.92. The number of fused-ring (bicyclic) bond motifs is 1. The van der Waals surface area contributed by atoms with Gasteiger partial charge in [0.1, 0.15) is 5.76 Å². The van der Waals surface area contributed by atoms with E-state index in [9.17, 15) is 4.79 Å². The van der Waals surface area contributed by atoms with Crippen LogP contribution in [0.2, 0.25) is 0 Å². The van der Waals surface area contributed by atoms with Crippen LogP contribution in [-0.4, -0.2) is 48.2 Å². The molecule has 1 amide bonds. The normalized spacial score (nSPS) is 22.8. The zero-order valence-electron chi connectivity index (χ0n) is 19.8. The fourth-order valence-electron chi connectivity index (χ4n) is 5.53. The van der Waals surface area contributed by atoms with E-state index >= 15 is 0 Å². The van der Waals surface area contributed by atoms with Crippen molar-refractivity contribution in [2.75, 3.05) is 36.4 Å². The van der Waals surface area contributed by atoms with Crippen LogP contribution >= 0.6 is 0 Å². The predicted molar refractivity (Wildman–Crippen MR) is 132 cm³/mol. The van der Waals surface area contributed by atoms with Crippen LogP contribution < -0.4 is 10.2 Å². The summed E-state index contributed by atoms with van der Waals surface area (Å²) in [6.07, 6.45) is 8.34. The topological polar surface area (TPSA) is 61.6 Å². The highest BCUT2D eigenvalue weighted by Crippen LogP contribution is 2.35. The summed E-state index contributed by atoms with van der Waals surface area (Å²) in [6, 6.07) is 8.49. The summed E-state index contributed by atoms with van der Waals surface area (Å²) in [5.41, 5.74) is 6.69. The van der Waals surface area contributed by atoms with Gasteiger partial charge in [0.2, 0.25) is 0 Å². The lowest BCUT2D eigenvalue weighted by atomic mass is 9.85. The van der Waals surface area contributed by atoms with Crippen LogP contribution in [0.3, 0.4) is 0 Å². The van der Waals surface area contributed by atoms with Crippen LogP contribution in [0, 0.1) is 12.8 Å². The van der Waals surface area contributed by atoms with Crippen molar-refractivity contribution in [1.29, 1.82) is 0 Å². The molecule has 3 aliphatic rings. The molecule has 5 rings (SSSR count). The van der Waals surface area contributed by atoms with Gasteiger partial charge in [-0.15, -0.1) is 0 Å². The molecule has 1 aromatic heterocycles. The summed E-state index contributed by atoms with van der Waals surface area (Å²) >= 11 is 0. The minimum absolute atomic E-state index is 0.236. The van der Waals surface area contributed by atoms with Gasteiger partial charge < -0.3 is 14.7 Å². The molecule has 6 nitrogen and oxygen atoms in total. The van der Waals surface area contributed by atoms with Crippen molar-refractivity contribution < 1.29 is 9.32 Å². The maximum atomic E-state index is 12.4. The molecule has 0 saturated carbocycles. The second-order valence-corrected chi connectivity index (χ2v) is 9.92. The molecule has 2 unspecified atom stereocenters. The van der Waals surface area contributed by atoms with E-state index in [1.165, 1.54) is 42.6 Å². The summed E-state index contributed by atoms with van der Waals surface area (Å²) in [6.45, 7) is 12.6. The SMILES string of the molecule is C=C(C)C1CC=C(CN2CCC(N3CCc4cc(NC(=O)c5cc(C)on5)ccc43)C2)CC1. The van der Waals surface area contributed by atoms with Gasteiger partial charge in [0.25, 0.3) is 5.91 Å². The van der Waals surface area contributed by atoms with Crippen LogP contribution in [-0.2, 0) is 6.42 Å². The Labute approximate surface area is 196 Å². The Morgan fingerprint density at radius 3 is 2.85 bits per heavy atom. The van der Waals surface area contributed by atoms with Crippen molar-refractivity contribution in [3.63, 3.8) is 0 Å². The first kappa shape index (κ1) is 22.0. The average Bonchev–Trinajstić information content (AvgIpc) is 3.53. The summed E-state index contributed by atoms with van der Waals surface area (Å²) in [7, 11) is 0. The monoisotopic (exact) mass is 446 g/mol. The van der Waals surface area contributed by atoms with Crippen molar-refractivity contribution in [2.24, 2.45) is 5.92 Å². The highest BCUT2D eigenvalue weighted by Gasteiger charge is 2.32. The Kier molecular flexibility index (Phi) is 6.11. The van der Waals surface area contributed by atoms with Gasteiger partial charge >= 0.3 is 0 Å². The molecule has 6 heteroatoms. The molecule has 2 atom stereocenters. The molecule has 0 spiro atoms. The minimum atomic E-state index is -0.236. The fourth-order valence-corrected chi connectivity index (χ4v) is 5.53. The molecule has 0 bridgehead atoms. The molecule has 1 saturated heterocycles. The van der Waals surface area contributed by atoms with Gasteiger partial charge in [-0.2, -0.15) is 0 Å². The number of benzene rings is 1. The number of hydrogen-bond donors (Lipinski definition) is 1. The Morgan fingerprint density at radius 2 is 2.12 bits per heavy atom. The van der Waals surface area contributed by atoms with Gasteiger partial charge in [0, 0.05) is 49.7 Å². The van der Waals surface area contributed by atoms with E-state index < -0.39 is 0 Å². The number of carbonyl (C=O) groups is 1. The van der Waals surface area contributed by atoms with E-state index in [0.717, 1.165) is 38.2 Å². The van der Waals surface area contributed by atoms with Gasteiger partial charge in [-0.3, -0.25) is 9.69 Å². The van der Waals surface area contributed by atoms with Gasteiger partial charge in [-0.25, -0.2) is 0 Å².